The normalized spacial score (nSPS) is 8.25. The molecule has 0 N–H and O–H groups in total. The molecule has 8 heavy (non-hydrogen) atoms. The van der Waals surface area contributed by atoms with Crippen LogP contribution in [0.15, 0.2) is 0 Å². The van der Waals surface area contributed by atoms with Crippen LogP contribution < -0.4 is 0 Å². The topological polar surface area (TPSA) is 0 Å². The van der Waals surface area contributed by atoms with Crippen LogP contribution in [-0.4, -0.2) is 0 Å². The van der Waals surface area contributed by atoms with Gasteiger partial charge in [-0.05, 0) is 0 Å². The predicted octanol–water partition coefficient (Wildman–Crippen LogP) is 2.96. The van der Waals surface area contributed by atoms with Crippen molar-refractivity contribution in [3.8, 4) is 0 Å². The zero-order valence-electron chi connectivity index (χ0n) is 5.49. The van der Waals surface area contributed by atoms with E-state index in [1.807, 2.05) is 0 Å². The van der Waals surface area contributed by atoms with Gasteiger partial charge >= 0.3 is 0 Å². The summed E-state index contributed by atoms with van der Waals surface area (Å²) in [5.41, 5.74) is 0. The summed E-state index contributed by atoms with van der Waals surface area (Å²) in [7, 11) is 0. The van der Waals surface area contributed by atoms with E-state index >= 15 is 0 Å². The molecule has 0 fully saturated rings. The second-order valence-corrected chi connectivity index (χ2v) is 1.96. The van der Waals surface area contributed by atoms with Crippen LogP contribution in [0.1, 0.15) is 32.6 Å². The fourth-order valence-corrected chi connectivity index (χ4v) is 0.626. The van der Waals surface area contributed by atoms with E-state index in [1.165, 1.54) is 19.3 Å². The van der Waals surface area contributed by atoms with Gasteiger partial charge in [0.25, 0.3) is 0 Å². The van der Waals surface area contributed by atoms with E-state index < -0.39 is 0 Å². The molecule has 0 saturated carbocycles. The molecule has 0 amide bonds. The zero-order chi connectivity index (χ0) is 5.54. The molecule has 2 heteroatoms. The first kappa shape index (κ1) is 11.7. The Morgan fingerprint density at radius 3 is 2.38 bits per heavy atom. The smallest absolute Gasteiger partial charge is 0 e. The predicted molar refractivity (Wildman–Crippen MR) is 34.3 cm³/mol. The Bertz CT molecular complexity index is 27.7. The maximum Gasteiger partial charge on any atom is 0 e. The molecule has 0 nitrogen and oxygen atoms in total. The molecule has 0 radical (unpaired) electrons. The molecule has 0 aliphatic rings. The van der Waals surface area contributed by atoms with Gasteiger partial charge in [-0.2, -0.15) is 6.42 Å². The van der Waals surface area contributed by atoms with Gasteiger partial charge < -0.3 is 11.6 Å². The fourth-order valence-electron chi connectivity index (χ4n) is 0.471. The first-order valence-electron chi connectivity index (χ1n) is 2.83. The maximum absolute atomic E-state index is 5.31. The summed E-state index contributed by atoms with van der Waals surface area (Å²) in [6.45, 7) is 2.19. The summed E-state index contributed by atoms with van der Waals surface area (Å²) in [5, 5.41) is 0. The molecular weight excluding hydrogens is 173 g/mol. The van der Waals surface area contributed by atoms with Crippen molar-refractivity contribution in [3.63, 3.8) is 0 Å². The SMILES string of the molecule is CCCCC[CH-]Cl.[Zn]. The van der Waals surface area contributed by atoms with Gasteiger partial charge in [0.2, 0.25) is 0 Å². The first-order valence-corrected chi connectivity index (χ1v) is 3.27. The van der Waals surface area contributed by atoms with Crippen LogP contribution in [0.2, 0.25) is 0 Å². The van der Waals surface area contributed by atoms with Gasteiger partial charge in [-0.15, -0.1) is 0 Å². The first-order chi connectivity index (χ1) is 3.41. The third kappa shape index (κ3) is 10.0. The third-order valence-electron chi connectivity index (χ3n) is 0.917. The quantitative estimate of drug-likeness (QED) is 0.358. The summed E-state index contributed by atoms with van der Waals surface area (Å²) in [4.78, 5) is 0. The van der Waals surface area contributed by atoms with Crippen LogP contribution in [0.5, 0.6) is 0 Å². The van der Waals surface area contributed by atoms with Gasteiger partial charge in [0.1, 0.15) is 0 Å². The molecule has 46 valence electrons. The molecule has 0 atom stereocenters. The van der Waals surface area contributed by atoms with Gasteiger partial charge in [-0.25, -0.2) is 5.88 Å². The van der Waals surface area contributed by atoms with Crippen molar-refractivity contribution >= 4 is 11.6 Å². The summed E-state index contributed by atoms with van der Waals surface area (Å²) >= 11 is 5.31. The van der Waals surface area contributed by atoms with Crippen LogP contribution in [0.4, 0.5) is 0 Å². The molecule has 0 aliphatic carbocycles. The van der Waals surface area contributed by atoms with E-state index in [0.717, 1.165) is 6.42 Å². The molecule has 0 heterocycles. The van der Waals surface area contributed by atoms with Crippen LogP contribution in [0.25, 0.3) is 0 Å². The second-order valence-electron chi connectivity index (χ2n) is 1.65. The zero-order valence-corrected chi connectivity index (χ0v) is 9.21. The molecule has 0 aromatic carbocycles. The molecule has 0 aliphatic heterocycles. The monoisotopic (exact) mass is 183 g/mol. The van der Waals surface area contributed by atoms with Crippen molar-refractivity contribution in [2.75, 3.05) is 0 Å². The summed E-state index contributed by atoms with van der Waals surface area (Å²) in [5.74, 6) is 1.70. The maximum atomic E-state index is 5.31. The van der Waals surface area contributed by atoms with E-state index in [4.69, 9.17) is 11.6 Å². The van der Waals surface area contributed by atoms with Gasteiger partial charge in [0, 0.05) is 19.5 Å². The summed E-state index contributed by atoms with van der Waals surface area (Å²) < 4.78 is 0. The Labute approximate surface area is 69.8 Å². The van der Waals surface area contributed by atoms with Crippen LogP contribution in [0.3, 0.4) is 0 Å². The van der Waals surface area contributed by atoms with Gasteiger partial charge in [0.05, 0.1) is 0 Å². The fraction of sp³-hybridized carbons (Fsp3) is 0.833. The van der Waals surface area contributed by atoms with E-state index in [1.54, 1.807) is 5.88 Å². The van der Waals surface area contributed by atoms with Crippen LogP contribution in [-0.2, 0) is 19.5 Å². The minimum absolute atomic E-state index is 0. The number of unbranched alkanes of at least 4 members (excludes halogenated alkanes) is 3. The summed E-state index contributed by atoms with van der Waals surface area (Å²) in [6.07, 6.45) is 4.91. The van der Waals surface area contributed by atoms with Gasteiger partial charge in [0.15, 0.2) is 0 Å². The van der Waals surface area contributed by atoms with Crippen molar-refractivity contribution < 1.29 is 19.5 Å². The minimum atomic E-state index is 0. The molecule has 0 aromatic heterocycles. The number of hydrogen-bond donors (Lipinski definition) is 0. The largest absolute Gasteiger partial charge is 0.349 e. The molecule has 0 aromatic rings. The third-order valence-corrected chi connectivity index (χ3v) is 1.14. The molecule has 0 spiro atoms. The van der Waals surface area contributed by atoms with E-state index in [-0.39, 0.29) is 19.5 Å². The second kappa shape index (κ2) is 10.8. The Hall–Kier alpha value is 0.913. The Balaban J connectivity index is 0. The van der Waals surface area contributed by atoms with Crippen molar-refractivity contribution in [2.24, 2.45) is 0 Å². The molecular formula is C6H12ClZn-. The van der Waals surface area contributed by atoms with E-state index in [0.29, 0.717) is 0 Å². The Morgan fingerprint density at radius 2 is 2.00 bits per heavy atom. The molecule has 0 bridgehead atoms. The van der Waals surface area contributed by atoms with Crippen molar-refractivity contribution in [3.05, 3.63) is 5.88 Å². The Kier molecular flexibility index (Phi) is 15.8. The minimum Gasteiger partial charge on any atom is -0.349 e. The average Bonchev–Trinajstić information content (AvgIpc) is 1.69. The molecule has 0 saturated heterocycles. The van der Waals surface area contributed by atoms with Crippen molar-refractivity contribution in [1.29, 1.82) is 0 Å². The molecule has 0 rings (SSSR count). The number of rotatable bonds is 4. The van der Waals surface area contributed by atoms with Gasteiger partial charge in [-0.1, -0.05) is 26.2 Å². The van der Waals surface area contributed by atoms with Crippen molar-refractivity contribution in [2.45, 2.75) is 32.6 Å². The standard InChI is InChI=1S/C6H12Cl.Zn/c1-2-3-4-5-6-7;/h6H,2-5H2,1H3;/q-1;. The van der Waals surface area contributed by atoms with Crippen molar-refractivity contribution in [1.82, 2.24) is 0 Å². The van der Waals surface area contributed by atoms with E-state index in [2.05, 4.69) is 6.92 Å². The number of hydrogen-bond acceptors (Lipinski definition) is 0. The summed E-state index contributed by atoms with van der Waals surface area (Å²) in [6, 6.07) is 0. The average molecular weight is 185 g/mol. The van der Waals surface area contributed by atoms with Crippen LogP contribution in [0, 0.1) is 5.88 Å². The van der Waals surface area contributed by atoms with Crippen LogP contribution >= 0.6 is 11.6 Å². The number of halogens is 1. The van der Waals surface area contributed by atoms with E-state index in [9.17, 15) is 0 Å². The molecule has 0 unspecified atom stereocenters. The van der Waals surface area contributed by atoms with Gasteiger partial charge in [-0.3, -0.25) is 0 Å². The Morgan fingerprint density at radius 1 is 1.38 bits per heavy atom.